The molecular weight excluding hydrogens is 362 g/mol. The van der Waals surface area contributed by atoms with Crippen LogP contribution in [0, 0.1) is 0 Å². The Balaban J connectivity index is 1.76. The normalized spacial score (nSPS) is 27.7. The molecule has 2 aliphatic rings. The quantitative estimate of drug-likeness (QED) is 0.705. The van der Waals surface area contributed by atoms with Crippen LogP contribution in [0.1, 0.15) is 13.8 Å². The number of benzene rings is 1. The smallest absolute Gasteiger partial charge is 0.322 e. The number of carbonyl (C=O) groups excluding carboxylic acids is 2. The van der Waals surface area contributed by atoms with Crippen LogP contribution in [0.5, 0.6) is 5.88 Å². The molecule has 26 heavy (non-hydrogen) atoms. The number of amides is 3. The number of nitrogens with one attached hydrogen (secondary N) is 2. The van der Waals surface area contributed by atoms with Gasteiger partial charge >= 0.3 is 6.03 Å². The highest BCUT2D eigenvalue weighted by Gasteiger charge is 2.57. The van der Waals surface area contributed by atoms with Crippen molar-refractivity contribution in [1.82, 2.24) is 15.2 Å². The van der Waals surface area contributed by atoms with Gasteiger partial charge < -0.3 is 24.5 Å². The second-order valence-corrected chi connectivity index (χ2v) is 7.45. The average molecular weight is 380 g/mol. The summed E-state index contributed by atoms with van der Waals surface area (Å²) in [5.74, 6) is -1.44. The molecule has 0 unspecified atom stereocenters. The van der Waals surface area contributed by atoms with Crippen molar-refractivity contribution in [2.24, 2.45) is 0 Å². The van der Waals surface area contributed by atoms with Crippen molar-refractivity contribution >= 4 is 34.3 Å². The number of aromatic hydroxyl groups is 1. The van der Waals surface area contributed by atoms with Crippen LogP contribution < -0.4 is 10.6 Å². The van der Waals surface area contributed by atoms with Crippen LogP contribution in [0.15, 0.2) is 24.4 Å². The predicted molar refractivity (Wildman–Crippen MR) is 92.9 cm³/mol. The number of hydrogen-bond acceptors (Lipinski definition) is 5. The molecule has 2 aliphatic heterocycles. The number of aromatic nitrogens is 1. The van der Waals surface area contributed by atoms with Gasteiger partial charge in [-0.25, -0.2) is 4.79 Å². The number of halogens is 1. The third-order valence-corrected chi connectivity index (χ3v) is 5.00. The van der Waals surface area contributed by atoms with E-state index in [1.54, 1.807) is 38.2 Å². The first-order valence-corrected chi connectivity index (χ1v) is 8.51. The SMILES string of the molecule is CC1(C)OC[C@H]([C@]2(Cn3cc4ccc(Cl)cc4c3O)NC(=O)NC2=O)O1. The fourth-order valence-corrected chi connectivity index (χ4v) is 3.65. The molecule has 3 N–H and O–H groups in total. The Labute approximate surface area is 154 Å². The molecule has 8 nitrogen and oxygen atoms in total. The molecule has 3 amide bonds. The Morgan fingerprint density at radius 1 is 1.38 bits per heavy atom. The van der Waals surface area contributed by atoms with E-state index in [-0.39, 0.29) is 19.0 Å². The molecule has 0 radical (unpaired) electrons. The molecule has 2 aromatic rings. The van der Waals surface area contributed by atoms with E-state index in [1.165, 1.54) is 4.57 Å². The molecule has 9 heteroatoms. The van der Waals surface area contributed by atoms with Gasteiger partial charge in [-0.2, -0.15) is 0 Å². The van der Waals surface area contributed by atoms with Gasteiger partial charge in [-0.05, 0) is 26.0 Å². The summed E-state index contributed by atoms with van der Waals surface area (Å²) in [6, 6.07) is 4.51. The first-order chi connectivity index (χ1) is 12.2. The third-order valence-electron chi connectivity index (χ3n) is 4.77. The minimum Gasteiger partial charge on any atom is -0.494 e. The highest BCUT2D eigenvalue weighted by molar-refractivity contribution is 6.31. The number of hydrogen-bond donors (Lipinski definition) is 3. The highest BCUT2D eigenvalue weighted by Crippen LogP contribution is 2.35. The Hall–Kier alpha value is -2.29. The molecular formula is C17H18ClN3O5. The van der Waals surface area contributed by atoms with E-state index in [1.807, 2.05) is 0 Å². The molecule has 3 heterocycles. The van der Waals surface area contributed by atoms with Gasteiger partial charge in [0.25, 0.3) is 5.91 Å². The lowest BCUT2D eigenvalue weighted by Gasteiger charge is -2.32. The van der Waals surface area contributed by atoms with Gasteiger partial charge in [0, 0.05) is 22.0 Å². The number of carbonyl (C=O) groups is 2. The molecule has 2 fully saturated rings. The molecule has 2 saturated heterocycles. The minimum atomic E-state index is -1.40. The summed E-state index contributed by atoms with van der Waals surface area (Å²) in [5.41, 5.74) is -1.40. The average Bonchev–Trinajstić information content (AvgIpc) is 3.16. The van der Waals surface area contributed by atoms with E-state index in [0.29, 0.717) is 10.4 Å². The summed E-state index contributed by atoms with van der Waals surface area (Å²) in [6.07, 6.45) is 0.985. The Morgan fingerprint density at radius 3 is 2.77 bits per heavy atom. The lowest BCUT2D eigenvalue weighted by Crippen LogP contribution is -2.60. The molecule has 0 spiro atoms. The van der Waals surface area contributed by atoms with Crippen LogP contribution in [0.3, 0.4) is 0 Å². The highest BCUT2D eigenvalue weighted by atomic mass is 35.5. The van der Waals surface area contributed by atoms with Gasteiger partial charge in [0.15, 0.2) is 17.2 Å². The lowest BCUT2D eigenvalue weighted by atomic mass is 9.92. The summed E-state index contributed by atoms with van der Waals surface area (Å²) in [6.45, 7) is 3.58. The van der Waals surface area contributed by atoms with Crippen LogP contribution >= 0.6 is 11.6 Å². The van der Waals surface area contributed by atoms with Crippen molar-refractivity contribution in [3.63, 3.8) is 0 Å². The molecule has 1 aromatic heterocycles. The van der Waals surface area contributed by atoms with Crippen molar-refractivity contribution in [3.05, 3.63) is 29.4 Å². The van der Waals surface area contributed by atoms with E-state index in [4.69, 9.17) is 21.1 Å². The van der Waals surface area contributed by atoms with Crippen molar-refractivity contribution in [2.45, 2.75) is 37.8 Å². The largest absolute Gasteiger partial charge is 0.494 e. The second kappa shape index (κ2) is 5.60. The van der Waals surface area contributed by atoms with Gasteiger partial charge in [0.05, 0.1) is 13.2 Å². The van der Waals surface area contributed by atoms with E-state index in [2.05, 4.69) is 10.6 Å². The molecule has 0 bridgehead atoms. The van der Waals surface area contributed by atoms with Gasteiger partial charge in [-0.3, -0.25) is 10.1 Å². The second-order valence-electron chi connectivity index (χ2n) is 7.01. The van der Waals surface area contributed by atoms with Crippen LogP contribution in [0.4, 0.5) is 4.79 Å². The van der Waals surface area contributed by atoms with Gasteiger partial charge in [-0.15, -0.1) is 0 Å². The Kier molecular flexibility index (Phi) is 3.69. The van der Waals surface area contributed by atoms with Gasteiger partial charge in [-0.1, -0.05) is 17.7 Å². The molecule has 1 aromatic carbocycles. The third kappa shape index (κ3) is 2.61. The van der Waals surface area contributed by atoms with Crippen molar-refractivity contribution < 1.29 is 24.2 Å². The topological polar surface area (TPSA) is 102 Å². The zero-order chi connectivity index (χ0) is 18.7. The summed E-state index contributed by atoms with van der Waals surface area (Å²) in [7, 11) is 0. The summed E-state index contributed by atoms with van der Waals surface area (Å²) >= 11 is 6.00. The van der Waals surface area contributed by atoms with Crippen LogP contribution in [0.2, 0.25) is 5.02 Å². The predicted octanol–water partition coefficient (Wildman–Crippen LogP) is 1.73. The summed E-state index contributed by atoms with van der Waals surface area (Å²) in [5, 5.41) is 17.3. The monoisotopic (exact) mass is 379 g/mol. The number of nitrogens with zero attached hydrogens (tertiary/aromatic N) is 1. The fraction of sp³-hybridized carbons (Fsp3) is 0.412. The van der Waals surface area contributed by atoms with Crippen molar-refractivity contribution in [2.75, 3.05) is 6.61 Å². The first-order valence-electron chi connectivity index (χ1n) is 8.13. The molecule has 2 atom stereocenters. The fourth-order valence-electron chi connectivity index (χ4n) is 3.48. The standard InChI is InChI=1S/C17H18ClN3O5/c1-16(2)25-7-12(26-16)17(14(23)19-15(24)20-17)8-21-6-9-3-4-10(18)5-11(9)13(21)22/h3-6,12,22H,7-8H2,1-2H3,(H2,19,20,23,24)/t12-,17+/m1/s1. The molecule has 4 rings (SSSR count). The van der Waals surface area contributed by atoms with Crippen LogP contribution in [-0.4, -0.2) is 45.6 Å². The van der Waals surface area contributed by atoms with Crippen molar-refractivity contribution in [1.29, 1.82) is 0 Å². The van der Waals surface area contributed by atoms with E-state index >= 15 is 0 Å². The molecule has 0 saturated carbocycles. The minimum absolute atomic E-state index is 0.0210. The van der Waals surface area contributed by atoms with E-state index in [0.717, 1.165) is 5.39 Å². The zero-order valence-corrected chi connectivity index (χ0v) is 15.0. The maximum atomic E-state index is 12.6. The number of rotatable bonds is 3. The maximum Gasteiger partial charge on any atom is 0.322 e. The lowest BCUT2D eigenvalue weighted by molar-refractivity contribution is -0.154. The maximum absolute atomic E-state index is 12.6. The van der Waals surface area contributed by atoms with Gasteiger partial charge in [0.2, 0.25) is 0 Å². The zero-order valence-electron chi connectivity index (χ0n) is 14.2. The molecule has 0 aliphatic carbocycles. The number of imide groups is 1. The first kappa shape index (κ1) is 17.1. The Bertz CT molecular complexity index is 925. The number of fused-ring (bicyclic) bond motifs is 1. The number of ether oxygens (including phenoxy) is 2. The summed E-state index contributed by atoms with van der Waals surface area (Å²) in [4.78, 5) is 24.5. The van der Waals surface area contributed by atoms with Crippen molar-refractivity contribution in [3.8, 4) is 5.88 Å². The molecule has 138 valence electrons. The Morgan fingerprint density at radius 2 is 2.15 bits per heavy atom. The van der Waals surface area contributed by atoms with Gasteiger partial charge in [0.1, 0.15) is 6.10 Å². The van der Waals surface area contributed by atoms with Crippen LogP contribution in [0.25, 0.3) is 10.8 Å². The number of urea groups is 1. The van der Waals surface area contributed by atoms with E-state index < -0.39 is 29.4 Å². The summed E-state index contributed by atoms with van der Waals surface area (Å²) < 4.78 is 12.9. The van der Waals surface area contributed by atoms with E-state index in [9.17, 15) is 14.7 Å². The van der Waals surface area contributed by atoms with Crippen LogP contribution in [-0.2, 0) is 20.8 Å².